The summed E-state index contributed by atoms with van der Waals surface area (Å²) in [5.74, 6) is 0. The second kappa shape index (κ2) is 16.3. The summed E-state index contributed by atoms with van der Waals surface area (Å²) in [6, 6.07) is 0. The van der Waals surface area contributed by atoms with Crippen molar-refractivity contribution in [2.75, 3.05) is 0 Å². The molecule has 0 N–H and O–H groups in total. The maximum atomic E-state index is 0. The largest absolute Gasteiger partial charge is 3.00 e. The Bertz CT molecular complexity index is 8.00. The third-order valence-corrected chi connectivity index (χ3v) is 0. The Hall–Kier alpha value is 3.25. The van der Waals surface area contributed by atoms with Crippen molar-refractivity contribution < 1.29 is 58.1 Å². The summed E-state index contributed by atoms with van der Waals surface area (Å²) in [6.07, 6.45) is 0. The molecule has 0 spiro atoms. The average Bonchev–Trinajstić information content (AvgIpc) is 0. The fourth-order valence-corrected chi connectivity index (χ4v) is 0. The van der Waals surface area contributed by atoms with Crippen LogP contribution in [0, 0.1) is 35.6 Å². The molecule has 0 aromatic heterocycles. The first kappa shape index (κ1) is 26.8. The van der Waals surface area contributed by atoms with Crippen molar-refractivity contribution in [1.29, 1.82) is 0 Å². The van der Waals surface area contributed by atoms with Crippen LogP contribution in [0.25, 0.3) is 0 Å². The first-order chi connectivity index (χ1) is 0. The standard InChI is InChI=1S/Ba.Cu.La.O/q2*+2;+3;-2. The van der Waals surface area contributed by atoms with Gasteiger partial charge in [0.15, 0.2) is 0 Å². The summed E-state index contributed by atoms with van der Waals surface area (Å²) in [6.45, 7) is 0. The van der Waals surface area contributed by atoms with E-state index < -0.39 is 0 Å². The van der Waals surface area contributed by atoms with E-state index in [9.17, 15) is 0 Å². The van der Waals surface area contributed by atoms with Crippen LogP contribution < -0.4 is 0 Å². The summed E-state index contributed by atoms with van der Waals surface area (Å²) < 4.78 is 0. The second-order valence-electron chi connectivity index (χ2n) is 0. The molecule has 0 bridgehead atoms. The van der Waals surface area contributed by atoms with E-state index in [1.54, 1.807) is 0 Å². The van der Waals surface area contributed by atoms with Gasteiger partial charge in [-0.1, -0.05) is 0 Å². The van der Waals surface area contributed by atoms with Crippen LogP contribution in [0.1, 0.15) is 0 Å². The smallest absolute Gasteiger partial charge is 2.00 e. The first-order valence-electron chi connectivity index (χ1n) is 0. The zero-order chi connectivity index (χ0) is 0. The molecule has 0 aromatic carbocycles. The Labute approximate surface area is 104 Å². The van der Waals surface area contributed by atoms with Crippen molar-refractivity contribution in [1.82, 2.24) is 0 Å². The molecule has 0 atom stereocenters. The minimum atomic E-state index is 0. The summed E-state index contributed by atoms with van der Waals surface area (Å²) in [5.41, 5.74) is 0. The molecule has 0 unspecified atom stereocenters. The molecule has 0 saturated heterocycles. The fourth-order valence-electron chi connectivity index (χ4n) is 0. The van der Waals surface area contributed by atoms with Crippen LogP contribution in [0.5, 0.6) is 0 Å². The van der Waals surface area contributed by atoms with Crippen molar-refractivity contribution >= 4 is 48.9 Å². The van der Waals surface area contributed by atoms with Crippen molar-refractivity contribution in [2.24, 2.45) is 0 Å². The van der Waals surface area contributed by atoms with E-state index in [1.807, 2.05) is 0 Å². The molecule has 4 heteroatoms. The van der Waals surface area contributed by atoms with E-state index in [0.29, 0.717) is 0 Å². The quantitative estimate of drug-likeness (QED) is 0.524. The van der Waals surface area contributed by atoms with Gasteiger partial charge in [0.25, 0.3) is 0 Å². The maximum absolute atomic E-state index is 0. The minimum absolute atomic E-state index is 0. The monoisotopic (exact) mass is 356 g/mol. The van der Waals surface area contributed by atoms with Gasteiger partial charge in [0.1, 0.15) is 0 Å². The van der Waals surface area contributed by atoms with Gasteiger partial charge in [-0.3, -0.25) is 0 Å². The molecule has 0 rings (SSSR count). The SMILES string of the molecule is [Ba+2].[Cu+2].[La+3].[O-2]. The van der Waals surface area contributed by atoms with Gasteiger partial charge in [0.05, 0.1) is 0 Å². The topological polar surface area (TPSA) is 28.5 Å². The average molecular weight is 356 g/mol. The zero-order valence-electron chi connectivity index (χ0n) is 1.99. The third-order valence-electron chi connectivity index (χ3n) is 0. The van der Waals surface area contributed by atoms with Crippen LogP contribution >= 0.6 is 0 Å². The number of hydrogen-bond acceptors (Lipinski definition) is 0. The van der Waals surface area contributed by atoms with Gasteiger partial charge in [-0.25, -0.2) is 0 Å². The fraction of sp³-hybridized carbons (Fsp3) is 0. The summed E-state index contributed by atoms with van der Waals surface area (Å²) in [4.78, 5) is 0. The summed E-state index contributed by atoms with van der Waals surface area (Å²) in [5, 5.41) is 0. The molecule has 0 fully saturated rings. The van der Waals surface area contributed by atoms with E-state index in [4.69, 9.17) is 0 Å². The van der Waals surface area contributed by atoms with Crippen LogP contribution in [0.2, 0.25) is 0 Å². The minimum Gasteiger partial charge on any atom is -2.00 e. The molecule has 0 amide bonds. The van der Waals surface area contributed by atoms with E-state index in [2.05, 4.69) is 0 Å². The number of rotatable bonds is 0. The molecule has 1 radical (unpaired) electrons. The van der Waals surface area contributed by atoms with Crippen molar-refractivity contribution in [3.8, 4) is 0 Å². The van der Waals surface area contributed by atoms with Crippen molar-refractivity contribution in [3.63, 3.8) is 0 Å². The molecule has 0 aliphatic rings. The van der Waals surface area contributed by atoms with Crippen LogP contribution in [0.4, 0.5) is 0 Å². The summed E-state index contributed by atoms with van der Waals surface area (Å²) >= 11 is 0. The molecule has 0 aromatic rings. The van der Waals surface area contributed by atoms with Gasteiger partial charge in [-0.2, -0.15) is 0 Å². The van der Waals surface area contributed by atoms with Crippen LogP contribution in [-0.4, -0.2) is 48.9 Å². The van der Waals surface area contributed by atoms with Gasteiger partial charge >= 0.3 is 102 Å². The maximum Gasteiger partial charge on any atom is 3.00 e. The van der Waals surface area contributed by atoms with E-state index in [0.717, 1.165) is 0 Å². The van der Waals surface area contributed by atoms with Crippen molar-refractivity contribution in [2.45, 2.75) is 0 Å². The van der Waals surface area contributed by atoms with Crippen LogP contribution in [0.15, 0.2) is 0 Å². The predicted molar refractivity (Wildman–Crippen MR) is 6.44 cm³/mol. The zero-order valence-corrected chi connectivity index (χ0v) is 11.0. The van der Waals surface area contributed by atoms with Crippen LogP contribution in [-0.2, 0) is 22.5 Å². The molecule has 0 aliphatic heterocycles. The van der Waals surface area contributed by atoms with E-state index >= 15 is 0 Å². The first-order valence-corrected chi connectivity index (χ1v) is 0. The van der Waals surface area contributed by atoms with Crippen LogP contribution in [0.3, 0.4) is 0 Å². The second-order valence-corrected chi connectivity index (χ2v) is 0. The van der Waals surface area contributed by atoms with Gasteiger partial charge in [-0.15, -0.1) is 0 Å². The normalized spacial score (nSPS) is 0. The van der Waals surface area contributed by atoms with Gasteiger partial charge < -0.3 is 5.48 Å². The van der Waals surface area contributed by atoms with E-state index in [-0.39, 0.29) is 107 Å². The van der Waals surface area contributed by atoms with E-state index in [1.165, 1.54) is 0 Å². The van der Waals surface area contributed by atoms with Gasteiger partial charge in [0.2, 0.25) is 0 Å². The Kier molecular flexibility index (Phi) is 109. The molecule has 0 aliphatic carbocycles. The Balaban J connectivity index is 0. The molecule has 0 saturated carbocycles. The third kappa shape index (κ3) is 8.98. The molecular formula is BaCuLaO+5. The number of hydrogen-bond donors (Lipinski definition) is 0. The molecule has 4 heavy (non-hydrogen) atoms. The van der Waals surface area contributed by atoms with Gasteiger partial charge in [-0.05, 0) is 0 Å². The Morgan fingerprint density at radius 1 is 1.00 bits per heavy atom. The molecule has 17 valence electrons. The summed E-state index contributed by atoms with van der Waals surface area (Å²) in [7, 11) is 0. The molecule has 0 heterocycles. The van der Waals surface area contributed by atoms with Crippen molar-refractivity contribution in [3.05, 3.63) is 0 Å². The Morgan fingerprint density at radius 2 is 1.00 bits per heavy atom. The van der Waals surface area contributed by atoms with Gasteiger partial charge in [0, 0.05) is 0 Å². The predicted octanol–water partition coefficient (Wildman–Crippen LogP) is -0.502. The Morgan fingerprint density at radius 3 is 1.00 bits per heavy atom. The molecular weight excluding hydrogens is 356 g/mol. The molecule has 1 nitrogen and oxygen atoms in total.